The average molecular weight is 505 g/mol. The quantitative estimate of drug-likeness (QED) is 0.585. The number of carbonyl (C=O) groups is 2. The molecule has 9 nitrogen and oxygen atoms in total. The third kappa shape index (κ3) is 4.77. The highest BCUT2D eigenvalue weighted by Crippen LogP contribution is 2.22. The summed E-state index contributed by atoms with van der Waals surface area (Å²) in [5, 5.41) is 0.994. The Bertz CT molecular complexity index is 1270. The summed E-state index contributed by atoms with van der Waals surface area (Å²) in [6.07, 6.45) is -0.368. The third-order valence-corrected chi connectivity index (χ3v) is 6.63. The number of hydrogen-bond donors (Lipinski definition) is 1. The maximum atomic E-state index is 12.9. The van der Waals surface area contributed by atoms with Crippen LogP contribution in [0.2, 0.25) is 10.0 Å². The maximum Gasteiger partial charge on any atom is 0.417 e. The van der Waals surface area contributed by atoms with E-state index in [9.17, 15) is 14.4 Å². The van der Waals surface area contributed by atoms with Crippen LogP contribution in [0.1, 0.15) is 15.9 Å². The van der Waals surface area contributed by atoms with Gasteiger partial charge in [-0.15, -0.1) is 0 Å². The Labute approximate surface area is 204 Å². The number of hydrogen-bond acceptors (Lipinski definition) is 6. The second-order valence-electron chi connectivity index (χ2n) is 8.44. The first-order chi connectivity index (χ1) is 16.4. The SMILES string of the molecule is O=C(OCc1cc(Cl)cc(Cl)c1)N1CC(N2CCN(C(=O)c3ccc4[nH]c(=O)oc4c3)CC2)C1. The fourth-order valence-electron chi connectivity index (χ4n) is 4.32. The maximum absolute atomic E-state index is 12.9. The van der Waals surface area contributed by atoms with Gasteiger partial charge in [-0.3, -0.25) is 14.7 Å². The predicted octanol–water partition coefficient (Wildman–Crippen LogP) is 3.21. The van der Waals surface area contributed by atoms with Gasteiger partial charge in [0.25, 0.3) is 5.91 Å². The summed E-state index contributed by atoms with van der Waals surface area (Å²) in [6.45, 7) is 3.91. The molecular formula is C23H22Cl2N4O5. The standard InChI is InChI=1S/C23H22Cl2N4O5/c24-16-7-14(8-17(25)10-16)13-33-23(32)29-11-18(12-29)27-3-5-28(6-4-27)21(30)15-1-2-19-20(9-15)34-22(31)26-19/h1-2,7-10,18H,3-6,11-13H2,(H,26,31). The van der Waals surface area contributed by atoms with Gasteiger partial charge >= 0.3 is 11.8 Å². The van der Waals surface area contributed by atoms with Crippen LogP contribution in [-0.4, -0.2) is 77.0 Å². The number of oxazole rings is 1. The molecule has 2 aliphatic heterocycles. The minimum Gasteiger partial charge on any atom is -0.445 e. The van der Waals surface area contributed by atoms with Crippen LogP contribution in [0, 0.1) is 0 Å². The first-order valence-corrected chi connectivity index (χ1v) is 11.6. The van der Waals surface area contributed by atoms with Gasteiger partial charge in [-0.05, 0) is 42.0 Å². The van der Waals surface area contributed by atoms with Gasteiger partial charge in [-0.25, -0.2) is 9.59 Å². The van der Waals surface area contributed by atoms with Crippen molar-refractivity contribution in [3.63, 3.8) is 0 Å². The normalized spacial score (nSPS) is 17.1. The van der Waals surface area contributed by atoms with Crippen molar-refractivity contribution in [2.24, 2.45) is 0 Å². The number of aromatic nitrogens is 1. The predicted molar refractivity (Wildman–Crippen MR) is 126 cm³/mol. The number of H-pyrrole nitrogens is 1. The largest absolute Gasteiger partial charge is 0.445 e. The van der Waals surface area contributed by atoms with Gasteiger partial charge in [-0.1, -0.05) is 23.2 Å². The molecule has 1 N–H and O–H groups in total. The van der Waals surface area contributed by atoms with E-state index in [1.54, 1.807) is 46.2 Å². The molecule has 0 bridgehead atoms. The fourth-order valence-corrected chi connectivity index (χ4v) is 4.89. The van der Waals surface area contributed by atoms with E-state index in [0.717, 1.165) is 18.7 Å². The Kier molecular flexibility index (Phi) is 6.24. The molecular weight excluding hydrogens is 483 g/mol. The smallest absolute Gasteiger partial charge is 0.417 e. The molecule has 5 rings (SSSR count). The van der Waals surface area contributed by atoms with E-state index >= 15 is 0 Å². The minimum absolute atomic E-state index is 0.0923. The van der Waals surface area contributed by atoms with Gasteiger partial charge in [0.2, 0.25) is 0 Å². The number of rotatable bonds is 4. The van der Waals surface area contributed by atoms with Crippen LogP contribution in [0.5, 0.6) is 0 Å². The molecule has 1 aromatic heterocycles. The van der Waals surface area contributed by atoms with E-state index in [-0.39, 0.29) is 24.6 Å². The highest BCUT2D eigenvalue weighted by molar-refractivity contribution is 6.34. The first kappa shape index (κ1) is 22.8. The van der Waals surface area contributed by atoms with Crippen molar-refractivity contribution >= 4 is 46.3 Å². The van der Waals surface area contributed by atoms with Crippen molar-refractivity contribution in [1.29, 1.82) is 0 Å². The number of aromatic amines is 1. The Balaban J connectivity index is 1.08. The third-order valence-electron chi connectivity index (χ3n) is 6.19. The minimum atomic E-state index is -0.541. The summed E-state index contributed by atoms with van der Waals surface area (Å²) in [5.74, 6) is -0.633. The van der Waals surface area contributed by atoms with Crippen LogP contribution in [0.4, 0.5) is 4.79 Å². The van der Waals surface area contributed by atoms with Crippen molar-refractivity contribution in [1.82, 2.24) is 19.7 Å². The van der Waals surface area contributed by atoms with Gasteiger partial charge in [0.1, 0.15) is 6.61 Å². The molecule has 0 spiro atoms. The molecule has 178 valence electrons. The molecule has 2 saturated heterocycles. The zero-order valence-corrected chi connectivity index (χ0v) is 19.6. The molecule has 2 aromatic carbocycles. The Morgan fingerprint density at radius 1 is 1.00 bits per heavy atom. The molecule has 0 unspecified atom stereocenters. The van der Waals surface area contributed by atoms with Crippen LogP contribution in [0.3, 0.4) is 0 Å². The van der Waals surface area contributed by atoms with Crippen molar-refractivity contribution in [3.05, 3.63) is 68.1 Å². The molecule has 0 aliphatic carbocycles. The number of piperazine rings is 1. The molecule has 2 aliphatic rings. The Morgan fingerprint density at radius 2 is 1.71 bits per heavy atom. The number of likely N-dealkylation sites (tertiary alicyclic amines) is 1. The van der Waals surface area contributed by atoms with Crippen LogP contribution < -0.4 is 5.76 Å². The highest BCUT2D eigenvalue weighted by Gasteiger charge is 2.37. The number of carbonyl (C=O) groups excluding carboxylic acids is 2. The lowest BCUT2D eigenvalue weighted by atomic mass is 10.1. The van der Waals surface area contributed by atoms with Gasteiger partial charge in [0.15, 0.2) is 5.58 Å². The fraction of sp³-hybridized carbons (Fsp3) is 0.348. The molecule has 0 saturated carbocycles. The molecule has 3 heterocycles. The number of fused-ring (bicyclic) bond motifs is 1. The van der Waals surface area contributed by atoms with Gasteiger partial charge in [-0.2, -0.15) is 0 Å². The van der Waals surface area contributed by atoms with Crippen LogP contribution in [0.25, 0.3) is 11.1 Å². The molecule has 0 atom stereocenters. The van der Waals surface area contributed by atoms with E-state index < -0.39 is 5.76 Å². The number of amides is 2. The van der Waals surface area contributed by atoms with E-state index in [1.165, 1.54) is 0 Å². The van der Waals surface area contributed by atoms with E-state index in [1.807, 2.05) is 0 Å². The molecule has 2 fully saturated rings. The second kappa shape index (κ2) is 9.32. The van der Waals surface area contributed by atoms with Gasteiger partial charge in [0, 0.05) is 60.9 Å². The Hall–Kier alpha value is -3.01. The van der Waals surface area contributed by atoms with Crippen LogP contribution in [-0.2, 0) is 11.3 Å². The molecule has 11 heteroatoms. The van der Waals surface area contributed by atoms with Gasteiger partial charge in [0.05, 0.1) is 5.52 Å². The monoisotopic (exact) mass is 504 g/mol. The molecule has 34 heavy (non-hydrogen) atoms. The number of nitrogens with zero attached hydrogens (tertiary/aromatic N) is 3. The summed E-state index contributed by atoms with van der Waals surface area (Å²) in [4.78, 5) is 44.8. The van der Waals surface area contributed by atoms with Crippen molar-refractivity contribution in [2.45, 2.75) is 12.6 Å². The molecule has 3 aromatic rings. The zero-order chi connectivity index (χ0) is 23.8. The van der Waals surface area contributed by atoms with Crippen LogP contribution in [0.15, 0.2) is 45.6 Å². The molecule has 0 radical (unpaired) electrons. The van der Waals surface area contributed by atoms with E-state index in [0.29, 0.717) is 52.9 Å². The van der Waals surface area contributed by atoms with Crippen molar-refractivity contribution in [3.8, 4) is 0 Å². The van der Waals surface area contributed by atoms with E-state index in [4.69, 9.17) is 32.4 Å². The van der Waals surface area contributed by atoms with Crippen LogP contribution >= 0.6 is 23.2 Å². The zero-order valence-electron chi connectivity index (χ0n) is 18.1. The van der Waals surface area contributed by atoms with Gasteiger partial charge < -0.3 is 19.0 Å². The average Bonchev–Trinajstić information content (AvgIpc) is 3.15. The Morgan fingerprint density at radius 3 is 2.41 bits per heavy atom. The number of ether oxygens (including phenoxy) is 1. The van der Waals surface area contributed by atoms with Crippen molar-refractivity contribution < 1.29 is 18.7 Å². The molecule has 2 amide bonds. The first-order valence-electron chi connectivity index (χ1n) is 10.9. The highest BCUT2D eigenvalue weighted by atomic mass is 35.5. The second-order valence-corrected chi connectivity index (χ2v) is 9.32. The lowest BCUT2D eigenvalue weighted by molar-refractivity contribution is 0.00107. The number of nitrogens with one attached hydrogen (secondary N) is 1. The number of halogens is 2. The lowest BCUT2D eigenvalue weighted by Crippen LogP contribution is -2.64. The summed E-state index contributed by atoms with van der Waals surface area (Å²) in [5.41, 5.74) is 2.16. The lowest BCUT2D eigenvalue weighted by Gasteiger charge is -2.47. The summed E-state index contributed by atoms with van der Waals surface area (Å²) >= 11 is 12.0. The summed E-state index contributed by atoms with van der Waals surface area (Å²) in [7, 11) is 0. The number of benzene rings is 2. The summed E-state index contributed by atoms with van der Waals surface area (Å²) in [6, 6.07) is 10.3. The van der Waals surface area contributed by atoms with Crippen molar-refractivity contribution in [2.75, 3.05) is 39.3 Å². The topological polar surface area (TPSA) is 99.1 Å². The summed E-state index contributed by atoms with van der Waals surface area (Å²) < 4.78 is 10.4. The van der Waals surface area contributed by atoms with E-state index in [2.05, 4.69) is 9.88 Å².